The number of fused-ring (bicyclic) bond motifs is 2. The third-order valence-corrected chi connectivity index (χ3v) is 4.34. The van der Waals surface area contributed by atoms with Crippen LogP contribution in [-0.2, 0) is 4.79 Å². The van der Waals surface area contributed by atoms with Gasteiger partial charge in [-0.2, -0.15) is 0 Å². The topological polar surface area (TPSA) is 29.1 Å². The summed E-state index contributed by atoms with van der Waals surface area (Å²) in [4.78, 5) is 12.4. The second kappa shape index (κ2) is 4.27. The molecule has 1 N–H and O–H groups in total. The largest absolute Gasteiger partial charge is 0.325 e. The molecule has 3 rings (SSSR count). The molecule has 3 atom stereocenters. The molecule has 0 spiro atoms. The molecule has 1 aromatic carbocycles. The summed E-state index contributed by atoms with van der Waals surface area (Å²) in [5.74, 6) is 1.49. The molecule has 1 aromatic rings. The van der Waals surface area contributed by atoms with E-state index in [0.29, 0.717) is 11.8 Å². The third-order valence-electron chi connectivity index (χ3n) is 4.34. The summed E-state index contributed by atoms with van der Waals surface area (Å²) in [7, 11) is 0. The van der Waals surface area contributed by atoms with Crippen LogP contribution < -0.4 is 5.32 Å². The Balaban J connectivity index is 1.77. The summed E-state index contributed by atoms with van der Waals surface area (Å²) >= 11 is 0. The number of aryl methyl sites for hydroxylation is 2. The number of nitrogens with one attached hydrogen (secondary N) is 1. The number of hydrogen-bond donors (Lipinski definition) is 1. The smallest absolute Gasteiger partial charge is 0.228 e. The number of benzene rings is 1. The highest BCUT2D eigenvalue weighted by Crippen LogP contribution is 2.43. The lowest BCUT2D eigenvalue weighted by atomic mass is 9.92. The van der Waals surface area contributed by atoms with Crippen LogP contribution in [0, 0.1) is 31.6 Å². The predicted molar refractivity (Wildman–Crippen MR) is 73.4 cm³/mol. The van der Waals surface area contributed by atoms with Gasteiger partial charge >= 0.3 is 0 Å². The zero-order valence-electron chi connectivity index (χ0n) is 10.9. The van der Waals surface area contributed by atoms with Gasteiger partial charge in [-0.15, -0.1) is 0 Å². The second-order valence-corrected chi connectivity index (χ2v) is 5.64. The van der Waals surface area contributed by atoms with Crippen molar-refractivity contribution >= 4 is 11.6 Å². The van der Waals surface area contributed by atoms with Gasteiger partial charge in [-0.1, -0.05) is 30.4 Å². The molecule has 1 amide bonds. The Kier molecular flexibility index (Phi) is 2.73. The van der Waals surface area contributed by atoms with Crippen LogP contribution in [0.4, 0.5) is 5.69 Å². The quantitative estimate of drug-likeness (QED) is 0.789. The van der Waals surface area contributed by atoms with Crippen molar-refractivity contribution in [2.75, 3.05) is 5.32 Å². The lowest BCUT2D eigenvalue weighted by Gasteiger charge is -2.19. The number of hydrogen-bond acceptors (Lipinski definition) is 1. The first-order valence-corrected chi connectivity index (χ1v) is 6.70. The minimum Gasteiger partial charge on any atom is -0.325 e. The minimum absolute atomic E-state index is 0.180. The molecule has 0 aromatic heterocycles. The van der Waals surface area contributed by atoms with Crippen LogP contribution in [0.2, 0.25) is 0 Å². The monoisotopic (exact) mass is 241 g/mol. The van der Waals surface area contributed by atoms with E-state index < -0.39 is 0 Å². The summed E-state index contributed by atoms with van der Waals surface area (Å²) in [6.07, 6.45) is 6.69. The predicted octanol–water partition coefficient (Wildman–Crippen LogP) is 3.45. The van der Waals surface area contributed by atoms with Gasteiger partial charge in [-0.05, 0) is 49.7 Å². The Hall–Kier alpha value is -1.57. The van der Waals surface area contributed by atoms with Crippen molar-refractivity contribution < 1.29 is 4.79 Å². The molecular weight excluding hydrogens is 222 g/mol. The molecule has 2 aliphatic carbocycles. The fourth-order valence-electron chi connectivity index (χ4n) is 3.31. The fraction of sp³-hybridized carbons (Fsp3) is 0.438. The van der Waals surface area contributed by atoms with Crippen LogP contribution in [0.1, 0.15) is 24.0 Å². The normalized spacial score (nSPS) is 28.7. The highest BCUT2D eigenvalue weighted by Gasteiger charge is 2.39. The first-order valence-electron chi connectivity index (χ1n) is 6.70. The number of amides is 1. The summed E-state index contributed by atoms with van der Waals surface area (Å²) < 4.78 is 0. The average molecular weight is 241 g/mol. The number of rotatable bonds is 2. The van der Waals surface area contributed by atoms with E-state index in [1.807, 2.05) is 32.0 Å². The Bertz CT molecular complexity index is 498. The van der Waals surface area contributed by atoms with Crippen molar-refractivity contribution in [2.45, 2.75) is 26.7 Å². The molecule has 2 aliphatic rings. The van der Waals surface area contributed by atoms with Gasteiger partial charge in [0.2, 0.25) is 5.91 Å². The van der Waals surface area contributed by atoms with Crippen LogP contribution in [0.25, 0.3) is 0 Å². The van der Waals surface area contributed by atoms with Crippen molar-refractivity contribution in [1.29, 1.82) is 0 Å². The van der Waals surface area contributed by atoms with Gasteiger partial charge in [0.15, 0.2) is 0 Å². The van der Waals surface area contributed by atoms with E-state index in [1.54, 1.807) is 0 Å². The van der Waals surface area contributed by atoms with Crippen molar-refractivity contribution in [3.63, 3.8) is 0 Å². The number of carbonyl (C=O) groups excluding carboxylic acids is 1. The maximum Gasteiger partial charge on any atom is 0.228 e. The van der Waals surface area contributed by atoms with Gasteiger partial charge in [0.05, 0.1) is 0 Å². The molecule has 0 saturated heterocycles. The summed E-state index contributed by atoms with van der Waals surface area (Å²) in [6.45, 7) is 4.09. The molecule has 0 heterocycles. The summed E-state index contributed by atoms with van der Waals surface area (Å²) in [5.41, 5.74) is 3.28. The molecule has 1 saturated carbocycles. The van der Waals surface area contributed by atoms with E-state index in [2.05, 4.69) is 17.5 Å². The Morgan fingerprint density at radius 2 is 1.89 bits per heavy atom. The van der Waals surface area contributed by atoms with Crippen LogP contribution in [-0.4, -0.2) is 5.91 Å². The molecule has 0 aliphatic heterocycles. The zero-order chi connectivity index (χ0) is 12.7. The lowest BCUT2D eigenvalue weighted by Crippen LogP contribution is -2.26. The zero-order valence-corrected chi connectivity index (χ0v) is 10.9. The highest BCUT2D eigenvalue weighted by atomic mass is 16.1. The van der Waals surface area contributed by atoms with Gasteiger partial charge in [0.1, 0.15) is 0 Å². The van der Waals surface area contributed by atoms with Crippen molar-refractivity contribution in [3.8, 4) is 0 Å². The number of carbonyl (C=O) groups is 1. The van der Waals surface area contributed by atoms with Crippen LogP contribution >= 0.6 is 0 Å². The molecular formula is C16H19NO. The molecule has 18 heavy (non-hydrogen) atoms. The molecule has 2 heteroatoms. The number of para-hydroxylation sites is 1. The van der Waals surface area contributed by atoms with Crippen LogP contribution in [0.3, 0.4) is 0 Å². The maximum absolute atomic E-state index is 12.4. The second-order valence-electron chi connectivity index (χ2n) is 5.64. The van der Waals surface area contributed by atoms with Gasteiger partial charge in [0, 0.05) is 11.6 Å². The van der Waals surface area contributed by atoms with E-state index >= 15 is 0 Å². The Morgan fingerprint density at radius 3 is 2.44 bits per heavy atom. The first kappa shape index (κ1) is 11.5. The van der Waals surface area contributed by atoms with E-state index in [4.69, 9.17) is 0 Å². The minimum atomic E-state index is 0.180. The van der Waals surface area contributed by atoms with E-state index in [1.165, 1.54) is 6.42 Å². The van der Waals surface area contributed by atoms with Gasteiger partial charge in [-0.3, -0.25) is 4.79 Å². The highest BCUT2D eigenvalue weighted by molar-refractivity contribution is 5.94. The lowest BCUT2D eigenvalue weighted by molar-refractivity contribution is -0.120. The van der Waals surface area contributed by atoms with Crippen LogP contribution in [0.15, 0.2) is 30.4 Å². The molecule has 1 fully saturated rings. The maximum atomic E-state index is 12.4. The van der Waals surface area contributed by atoms with E-state index in [-0.39, 0.29) is 11.8 Å². The van der Waals surface area contributed by atoms with Crippen LogP contribution in [0.5, 0.6) is 0 Å². The van der Waals surface area contributed by atoms with Gasteiger partial charge < -0.3 is 5.32 Å². The van der Waals surface area contributed by atoms with Crippen molar-refractivity contribution in [2.24, 2.45) is 17.8 Å². The van der Waals surface area contributed by atoms with E-state index in [9.17, 15) is 4.79 Å². The Labute approximate surface area is 108 Å². The Morgan fingerprint density at radius 1 is 1.17 bits per heavy atom. The van der Waals surface area contributed by atoms with Crippen molar-refractivity contribution in [3.05, 3.63) is 41.5 Å². The van der Waals surface area contributed by atoms with Gasteiger partial charge in [0.25, 0.3) is 0 Å². The number of anilines is 1. The van der Waals surface area contributed by atoms with Gasteiger partial charge in [-0.25, -0.2) is 0 Å². The summed E-state index contributed by atoms with van der Waals surface area (Å²) in [6, 6.07) is 6.12. The average Bonchev–Trinajstić information content (AvgIpc) is 2.96. The fourth-order valence-corrected chi connectivity index (χ4v) is 3.31. The molecule has 94 valence electrons. The standard InChI is InChI=1S/C16H19NO/c1-10-4-3-5-11(2)15(10)17-16(18)14-9-12-6-7-13(14)8-12/h3-7,12-14H,8-9H2,1-2H3,(H,17,18)/t12-,13-,14+/m0/s1. The molecule has 2 bridgehead atoms. The molecule has 0 unspecified atom stereocenters. The molecule has 2 nitrogen and oxygen atoms in total. The first-order chi connectivity index (χ1) is 8.65. The number of allylic oxidation sites excluding steroid dienone is 2. The van der Waals surface area contributed by atoms with Crippen molar-refractivity contribution in [1.82, 2.24) is 0 Å². The summed E-state index contributed by atoms with van der Waals surface area (Å²) in [5, 5.41) is 3.13. The SMILES string of the molecule is Cc1cccc(C)c1NC(=O)[C@@H]1C[C@H]2C=C[C@H]1C2. The third kappa shape index (κ3) is 1.86. The van der Waals surface area contributed by atoms with E-state index in [0.717, 1.165) is 23.2 Å². The molecule has 0 radical (unpaired) electrons.